The summed E-state index contributed by atoms with van der Waals surface area (Å²) in [6, 6.07) is 23.2. The van der Waals surface area contributed by atoms with Crippen LogP contribution in [0.5, 0.6) is 0 Å². The van der Waals surface area contributed by atoms with Crippen molar-refractivity contribution in [1.82, 2.24) is 9.38 Å². The molecule has 2 nitrogen and oxygen atoms in total. The van der Waals surface area contributed by atoms with Gasteiger partial charge in [0.25, 0.3) is 0 Å². The van der Waals surface area contributed by atoms with Gasteiger partial charge in [-0.25, -0.2) is 4.98 Å². The van der Waals surface area contributed by atoms with Crippen LogP contribution in [-0.4, -0.2) is 9.38 Å². The van der Waals surface area contributed by atoms with Gasteiger partial charge in [0.2, 0.25) is 0 Å². The second-order valence-electron chi connectivity index (χ2n) is 5.38. The molecule has 0 bridgehead atoms. The number of imidazole rings is 1. The first kappa shape index (κ1) is 12.0. The van der Waals surface area contributed by atoms with Gasteiger partial charge in [0.1, 0.15) is 0 Å². The highest BCUT2D eigenvalue weighted by Gasteiger charge is 2.11. The molecule has 0 aliphatic carbocycles. The van der Waals surface area contributed by atoms with Gasteiger partial charge in [-0.15, -0.1) is 0 Å². The SMILES string of the molecule is c1ccc(-c2cn3c(n2)sc2c4ccccc4ccc23)cc1. The molecule has 3 aromatic carbocycles. The van der Waals surface area contributed by atoms with E-state index >= 15 is 0 Å². The smallest absolute Gasteiger partial charge is 0.195 e. The summed E-state index contributed by atoms with van der Waals surface area (Å²) < 4.78 is 3.51. The van der Waals surface area contributed by atoms with E-state index in [9.17, 15) is 0 Å². The maximum absolute atomic E-state index is 4.81. The fourth-order valence-electron chi connectivity index (χ4n) is 2.98. The Labute approximate surface area is 131 Å². The van der Waals surface area contributed by atoms with Crippen molar-refractivity contribution < 1.29 is 0 Å². The molecule has 0 spiro atoms. The number of hydrogen-bond donors (Lipinski definition) is 0. The molecule has 0 atom stereocenters. The Hall–Kier alpha value is -2.65. The molecule has 5 rings (SSSR count). The van der Waals surface area contributed by atoms with Crippen LogP contribution in [0.15, 0.2) is 72.9 Å². The molecule has 0 amide bonds. The molecule has 0 unspecified atom stereocenters. The van der Waals surface area contributed by atoms with Crippen LogP contribution in [-0.2, 0) is 0 Å². The van der Waals surface area contributed by atoms with E-state index in [-0.39, 0.29) is 0 Å². The summed E-state index contributed by atoms with van der Waals surface area (Å²) in [4.78, 5) is 5.85. The number of nitrogens with zero attached hydrogens (tertiary/aromatic N) is 2. The minimum absolute atomic E-state index is 1.03. The minimum Gasteiger partial charge on any atom is -0.290 e. The van der Waals surface area contributed by atoms with Crippen LogP contribution in [0.25, 0.3) is 37.2 Å². The molecular formula is C19H12N2S. The number of benzene rings is 3. The average Bonchev–Trinajstić information content (AvgIpc) is 3.13. The predicted molar refractivity (Wildman–Crippen MR) is 93.5 cm³/mol. The van der Waals surface area contributed by atoms with E-state index in [1.54, 1.807) is 11.3 Å². The Morgan fingerprint density at radius 3 is 2.55 bits per heavy atom. The van der Waals surface area contributed by atoms with Gasteiger partial charge >= 0.3 is 0 Å². The molecule has 104 valence electrons. The maximum Gasteiger partial charge on any atom is 0.195 e. The van der Waals surface area contributed by atoms with Gasteiger partial charge in [0, 0.05) is 17.1 Å². The third-order valence-corrected chi connectivity index (χ3v) is 5.16. The second kappa shape index (κ2) is 4.42. The summed E-state index contributed by atoms with van der Waals surface area (Å²) in [5.74, 6) is 0. The fourth-order valence-corrected chi connectivity index (χ4v) is 4.12. The highest BCUT2D eigenvalue weighted by molar-refractivity contribution is 7.24. The number of rotatable bonds is 1. The van der Waals surface area contributed by atoms with Crippen LogP contribution in [0.2, 0.25) is 0 Å². The molecular weight excluding hydrogens is 288 g/mol. The van der Waals surface area contributed by atoms with Crippen molar-refractivity contribution in [3.8, 4) is 11.3 Å². The van der Waals surface area contributed by atoms with E-state index in [1.165, 1.54) is 21.0 Å². The lowest BCUT2D eigenvalue weighted by molar-refractivity contribution is 1.30. The number of thiazole rings is 1. The first-order chi connectivity index (χ1) is 10.9. The quantitative estimate of drug-likeness (QED) is 0.407. The van der Waals surface area contributed by atoms with Gasteiger partial charge in [0.05, 0.1) is 15.9 Å². The van der Waals surface area contributed by atoms with Crippen LogP contribution in [0, 0.1) is 0 Å². The monoisotopic (exact) mass is 300 g/mol. The van der Waals surface area contributed by atoms with E-state index in [4.69, 9.17) is 4.98 Å². The Balaban J connectivity index is 1.83. The van der Waals surface area contributed by atoms with Crippen molar-refractivity contribution >= 4 is 37.3 Å². The molecule has 22 heavy (non-hydrogen) atoms. The molecule has 0 aliphatic heterocycles. The Morgan fingerprint density at radius 2 is 1.64 bits per heavy atom. The zero-order chi connectivity index (χ0) is 14.5. The normalized spacial score (nSPS) is 11.6. The highest BCUT2D eigenvalue weighted by Crippen LogP contribution is 2.34. The fraction of sp³-hybridized carbons (Fsp3) is 0. The molecule has 2 aromatic heterocycles. The first-order valence-corrected chi connectivity index (χ1v) is 8.06. The van der Waals surface area contributed by atoms with E-state index in [0.29, 0.717) is 0 Å². The molecule has 0 radical (unpaired) electrons. The van der Waals surface area contributed by atoms with Crippen molar-refractivity contribution in [3.63, 3.8) is 0 Å². The van der Waals surface area contributed by atoms with Gasteiger partial charge < -0.3 is 0 Å². The summed E-state index contributed by atoms with van der Waals surface area (Å²) in [5, 5.41) is 2.58. The van der Waals surface area contributed by atoms with Gasteiger partial charge in [0.15, 0.2) is 4.96 Å². The molecule has 0 saturated heterocycles. The Kier molecular flexibility index (Phi) is 2.40. The molecule has 2 heterocycles. The van der Waals surface area contributed by atoms with Crippen LogP contribution < -0.4 is 0 Å². The van der Waals surface area contributed by atoms with Crippen molar-refractivity contribution in [2.45, 2.75) is 0 Å². The zero-order valence-electron chi connectivity index (χ0n) is 11.7. The van der Waals surface area contributed by atoms with Gasteiger partial charge in [-0.3, -0.25) is 4.40 Å². The molecule has 0 fully saturated rings. The predicted octanol–water partition coefficient (Wildman–Crippen LogP) is 5.37. The lowest BCUT2D eigenvalue weighted by Crippen LogP contribution is -1.78. The molecule has 5 aromatic rings. The summed E-state index contributed by atoms with van der Waals surface area (Å²) in [6.07, 6.45) is 2.14. The lowest BCUT2D eigenvalue weighted by Gasteiger charge is -1.99. The van der Waals surface area contributed by atoms with E-state index in [1.807, 2.05) is 18.2 Å². The number of aromatic nitrogens is 2. The van der Waals surface area contributed by atoms with Crippen molar-refractivity contribution in [3.05, 3.63) is 72.9 Å². The lowest BCUT2D eigenvalue weighted by atomic mass is 10.1. The number of fused-ring (bicyclic) bond motifs is 5. The Bertz CT molecular complexity index is 1120. The summed E-state index contributed by atoms with van der Waals surface area (Å²) >= 11 is 1.76. The Morgan fingerprint density at radius 1 is 0.818 bits per heavy atom. The maximum atomic E-state index is 4.81. The number of hydrogen-bond acceptors (Lipinski definition) is 2. The van der Waals surface area contributed by atoms with Crippen molar-refractivity contribution in [2.24, 2.45) is 0 Å². The summed E-state index contributed by atoms with van der Waals surface area (Å²) in [5.41, 5.74) is 3.42. The third kappa shape index (κ3) is 1.63. The van der Waals surface area contributed by atoms with Crippen LogP contribution in [0.1, 0.15) is 0 Å². The largest absolute Gasteiger partial charge is 0.290 e. The van der Waals surface area contributed by atoms with E-state index in [2.05, 4.69) is 59.1 Å². The third-order valence-electron chi connectivity index (χ3n) is 4.05. The van der Waals surface area contributed by atoms with Crippen LogP contribution in [0.3, 0.4) is 0 Å². The second-order valence-corrected chi connectivity index (χ2v) is 6.36. The van der Waals surface area contributed by atoms with Crippen molar-refractivity contribution in [1.29, 1.82) is 0 Å². The molecule has 0 aliphatic rings. The molecule has 3 heteroatoms. The summed E-state index contributed by atoms with van der Waals surface area (Å²) in [7, 11) is 0. The topological polar surface area (TPSA) is 17.3 Å². The summed E-state index contributed by atoms with van der Waals surface area (Å²) in [6.45, 7) is 0. The van der Waals surface area contributed by atoms with Crippen LogP contribution in [0.4, 0.5) is 0 Å². The minimum atomic E-state index is 1.03. The van der Waals surface area contributed by atoms with Crippen molar-refractivity contribution in [2.75, 3.05) is 0 Å². The highest BCUT2D eigenvalue weighted by atomic mass is 32.1. The van der Waals surface area contributed by atoms with E-state index in [0.717, 1.165) is 16.2 Å². The average molecular weight is 300 g/mol. The first-order valence-electron chi connectivity index (χ1n) is 7.25. The van der Waals surface area contributed by atoms with E-state index < -0.39 is 0 Å². The van der Waals surface area contributed by atoms with Gasteiger partial charge in [-0.1, -0.05) is 72.0 Å². The van der Waals surface area contributed by atoms with Crippen LogP contribution >= 0.6 is 11.3 Å². The zero-order valence-corrected chi connectivity index (χ0v) is 12.5. The molecule has 0 saturated carbocycles. The van der Waals surface area contributed by atoms with Gasteiger partial charge in [-0.2, -0.15) is 0 Å². The van der Waals surface area contributed by atoms with Gasteiger partial charge in [-0.05, 0) is 11.5 Å². The molecule has 0 N–H and O–H groups in total. The standard InChI is InChI=1S/C19H12N2S/c1-2-7-14(8-3-1)16-12-21-17-11-10-13-6-4-5-9-15(13)18(17)22-19(21)20-16/h1-12H.